The number of hydrogen-bond donors (Lipinski definition) is 0. The van der Waals surface area contributed by atoms with Crippen molar-refractivity contribution in [1.82, 2.24) is 9.80 Å². The summed E-state index contributed by atoms with van der Waals surface area (Å²) >= 11 is 0. The van der Waals surface area contributed by atoms with Gasteiger partial charge in [0.15, 0.2) is 0 Å². The van der Waals surface area contributed by atoms with Gasteiger partial charge in [0.25, 0.3) is 5.91 Å². The highest BCUT2D eigenvalue weighted by Crippen LogP contribution is 2.68. The van der Waals surface area contributed by atoms with Crippen LogP contribution in [0.5, 0.6) is 5.75 Å². The van der Waals surface area contributed by atoms with E-state index in [4.69, 9.17) is 9.47 Å². The lowest BCUT2D eigenvalue weighted by molar-refractivity contribution is -0.160. The van der Waals surface area contributed by atoms with Crippen LogP contribution in [0.2, 0.25) is 0 Å². The van der Waals surface area contributed by atoms with E-state index in [0.29, 0.717) is 16.7 Å². The van der Waals surface area contributed by atoms with Gasteiger partial charge in [-0.3, -0.25) is 9.59 Å². The first kappa shape index (κ1) is 27.8. The van der Waals surface area contributed by atoms with Crippen molar-refractivity contribution in [3.63, 3.8) is 0 Å². The number of esters is 1. The van der Waals surface area contributed by atoms with Crippen LogP contribution in [0.3, 0.4) is 0 Å². The van der Waals surface area contributed by atoms with Gasteiger partial charge in [0.1, 0.15) is 5.75 Å². The number of fused-ring (bicyclic) bond motifs is 4. The Morgan fingerprint density at radius 3 is 2.48 bits per heavy atom. The normalized spacial score (nSPS) is 39.2. The van der Waals surface area contributed by atoms with E-state index in [2.05, 4.69) is 31.9 Å². The second kappa shape index (κ2) is 10.2. The monoisotopic (exact) mass is 548 g/mol. The SMILES string of the molecule is COc1ccc(C(OC(C)=O)C(=O)N(C)C2CCC3(C)C(=CCC4C3CCC35CN(C)C(C)C3CCC45)C2)cc1. The molecule has 6 rings (SSSR count). The van der Waals surface area contributed by atoms with Crippen molar-refractivity contribution in [2.75, 3.05) is 27.7 Å². The fraction of sp³-hybridized carbons (Fsp3) is 0.706. The molecule has 9 atom stereocenters. The lowest BCUT2D eigenvalue weighted by Gasteiger charge is -2.58. The Hall–Kier alpha value is -2.34. The number of likely N-dealkylation sites (N-methyl/N-ethyl adjacent to an activating group) is 1. The van der Waals surface area contributed by atoms with Crippen LogP contribution in [0.15, 0.2) is 35.9 Å². The van der Waals surface area contributed by atoms with Crippen LogP contribution in [0.4, 0.5) is 0 Å². The Morgan fingerprint density at radius 2 is 1.77 bits per heavy atom. The van der Waals surface area contributed by atoms with Crippen LogP contribution >= 0.6 is 0 Å². The van der Waals surface area contributed by atoms with E-state index < -0.39 is 12.1 Å². The molecule has 6 heteroatoms. The van der Waals surface area contributed by atoms with Crippen molar-refractivity contribution in [2.24, 2.45) is 34.5 Å². The molecule has 1 heterocycles. The molecule has 5 aliphatic rings. The van der Waals surface area contributed by atoms with Crippen LogP contribution in [-0.4, -0.2) is 61.5 Å². The summed E-state index contributed by atoms with van der Waals surface area (Å²) in [6, 6.07) is 8.08. The molecule has 1 aromatic rings. The third-order valence-electron chi connectivity index (χ3n) is 12.5. The Bertz CT molecular complexity index is 1180. The van der Waals surface area contributed by atoms with Crippen LogP contribution in [-0.2, 0) is 14.3 Å². The summed E-state index contributed by atoms with van der Waals surface area (Å²) in [5.41, 5.74) is 3.03. The van der Waals surface area contributed by atoms with Gasteiger partial charge in [-0.25, -0.2) is 0 Å². The zero-order valence-corrected chi connectivity index (χ0v) is 25.3. The molecule has 0 bridgehead atoms. The van der Waals surface area contributed by atoms with Crippen molar-refractivity contribution >= 4 is 11.9 Å². The molecule has 0 N–H and O–H groups in total. The number of allylic oxidation sites excluding steroid dienone is 1. The molecular formula is C34H48N2O4. The predicted molar refractivity (Wildman–Crippen MR) is 156 cm³/mol. The number of benzene rings is 1. The molecule has 1 saturated heterocycles. The molecule has 40 heavy (non-hydrogen) atoms. The van der Waals surface area contributed by atoms with Crippen LogP contribution in [0.1, 0.15) is 83.8 Å². The lowest BCUT2D eigenvalue weighted by Crippen LogP contribution is -2.53. The summed E-state index contributed by atoms with van der Waals surface area (Å²) in [7, 11) is 5.85. The number of nitrogens with zero attached hydrogens (tertiary/aromatic N) is 2. The zero-order chi connectivity index (χ0) is 28.4. The van der Waals surface area contributed by atoms with E-state index in [-0.39, 0.29) is 17.4 Å². The van der Waals surface area contributed by atoms with Gasteiger partial charge >= 0.3 is 5.97 Å². The molecule has 218 valence electrons. The van der Waals surface area contributed by atoms with E-state index in [1.807, 2.05) is 24.1 Å². The van der Waals surface area contributed by atoms with Gasteiger partial charge in [-0.2, -0.15) is 0 Å². The van der Waals surface area contributed by atoms with Gasteiger partial charge in [-0.1, -0.05) is 30.7 Å². The molecule has 0 radical (unpaired) electrons. The van der Waals surface area contributed by atoms with E-state index >= 15 is 0 Å². The van der Waals surface area contributed by atoms with Gasteiger partial charge < -0.3 is 19.3 Å². The molecule has 0 aromatic heterocycles. The number of hydrogen-bond acceptors (Lipinski definition) is 5. The number of carbonyl (C=O) groups is 2. The van der Waals surface area contributed by atoms with Crippen molar-refractivity contribution < 1.29 is 19.1 Å². The van der Waals surface area contributed by atoms with Crippen LogP contribution in [0.25, 0.3) is 0 Å². The van der Waals surface area contributed by atoms with E-state index in [9.17, 15) is 9.59 Å². The number of likely N-dealkylation sites (tertiary alicyclic amines) is 1. The third-order valence-corrected chi connectivity index (χ3v) is 12.5. The Balaban J connectivity index is 1.19. The minimum absolute atomic E-state index is 0.120. The largest absolute Gasteiger partial charge is 0.497 e. The third kappa shape index (κ3) is 4.23. The average Bonchev–Trinajstić information content (AvgIpc) is 3.43. The summed E-state index contributed by atoms with van der Waals surface area (Å²) < 4.78 is 10.9. The summed E-state index contributed by atoms with van der Waals surface area (Å²) in [5.74, 6) is 3.42. The smallest absolute Gasteiger partial charge is 0.303 e. The second-order valence-electron chi connectivity index (χ2n) is 14.0. The van der Waals surface area contributed by atoms with E-state index in [0.717, 1.165) is 49.0 Å². The van der Waals surface area contributed by atoms with Gasteiger partial charge in [0.2, 0.25) is 6.10 Å². The minimum atomic E-state index is -0.941. The Morgan fingerprint density at radius 1 is 1.05 bits per heavy atom. The topological polar surface area (TPSA) is 59.1 Å². The molecule has 4 aliphatic carbocycles. The fourth-order valence-corrected chi connectivity index (χ4v) is 10.3. The van der Waals surface area contributed by atoms with Gasteiger partial charge in [0.05, 0.1) is 7.11 Å². The second-order valence-corrected chi connectivity index (χ2v) is 14.0. The summed E-state index contributed by atoms with van der Waals surface area (Å²) in [5, 5.41) is 0. The van der Waals surface area contributed by atoms with Gasteiger partial charge in [-0.05, 0) is 112 Å². The Labute approximate surface area is 240 Å². The molecule has 4 fully saturated rings. The molecule has 9 unspecified atom stereocenters. The first-order valence-electron chi connectivity index (χ1n) is 15.6. The van der Waals surface area contributed by atoms with Gasteiger partial charge in [-0.15, -0.1) is 0 Å². The number of methoxy groups -OCH3 is 1. The first-order chi connectivity index (χ1) is 19.1. The average molecular weight is 549 g/mol. The number of ether oxygens (including phenoxy) is 2. The summed E-state index contributed by atoms with van der Waals surface area (Å²) in [4.78, 5) is 30.3. The number of rotatable bonds is 5. The lowest BCUT2D eigenvalue weighted by atomic mass is 9.47. The highest BCUT2D eigenvalue weighted by molar-refractivity contribution is 5.85. The molecule has 3 saturated carbocycles. The summed E-state index contributed by atoms with van der Waals surface area (Å²) in [6.07, 6.45) is 11.5. The number of amides is 1. The molecule has 1 aromatic carbocycles. The maximum Gasteiger partial charge on any atom is 0.303 e. The molecular weight excluding hydrogens is 500 g/mol. The maximum absolute atomic E-state index is 13.8. The van der Waals surface area contributed by atoms with Crippen molar-refractivity contribution in [3.05, 3.63) is 41.5 Å². The van der Waals surface area contributed by atoms with E-state index in [1.165, 1.54) is 45.6 Å². The highest BCUT2D eigenvalue weighted by Gasteiger charge is 2.64. The number of carbonyl (C=O) groups excluding carboxylic acids is 2. The minimum Gasteiger partial charge on any atom is -0.497 e. The van der Waals surface area contributed by atoms with Crippen LogP contribution in [0, 0.1) is 34.5 Å². The van der Waals surface area contributed by atoms with Crippen molar-refractivity contribution in [1.29, 1.82) is 0 Å². The molecule has 1 amide bonds. The standard InChI is InChI=1S/C34H48N2O4/c1-21-28-13-14-30-27-12-9-24-19-25(15-17-33(24,3)29(27)16-18-34(28,30)20-35(21)4)36(5)32(38)31(40-22(2)37)23-7-10-26(39-6)11-8-23/h7-11,21,25,27-31H,12-20H2,1-6H3. The molecule has 6 nitrogen and oxygen atoms in total. The first-order valence-corrected chi connectivity index (χ1v) is 15.6. The van der Waals surface area contributed by atoms with Crippen molar-refractivity contribution in [3.8, 4) is 5.75 Å². The summed E-state index contributed by atoms with van der Waals surface area (Å²) in [6.45, 7) is 7.67. The van der Waals surface area contributed by atoms with Gasteiger partial charge in [0, 0.05) is 38.2 Å². The molecule has 1 spiro atoms. The highest BCUT2D eigenvalue weighted by atomic mass is 16.5. The zero-order valence-electron chi connectivity index (χ0n) is 25.3. The van der Waals surface area contributed by atoms with Crippen molar-refractivity contribution in [2.45, 2.75) is 90.3 Å². The Kier molecular flexibility index (Phi) is 7.08. The maximum atomic E-state index is 13.8. The van der Waals surface area contributed by atoms with Crippen LogP contribution < -0.4 is 4.74 Å². The van der Waals surface area contributed by atoms with E-state index in [1.54, 1.807) is 24.8 Å². The predicted octanol–water partition coefficient (Wildman–Crippen LogP) is 6.02. The molecule has 1 aliphatic heterocycles. The quantitative estimate of drug-likeness (QED) is 0.333. The fourth-order valence-electron chi connectivity index (χ4n) is 10.3.